The molecule has 2 aromatic heterocycles. The average Bonchev–Trinajstić information content (AvgIpc) is 2.52. The molecule has 0 unspecified atom stereocenters. The van der Waals surface area contributed by atoms with Gasteiger partial charge in [0.15, 0.2) is 5.65 Å². The van der Waals surface area contributed by atoms with E-state index in [1.165, 1.54) is 0 Å². The maximum Gasteiger partial charge on any atom is 0.230 e. The lowest BCUT2D eigenvalue weighted by Crippen LogP contribution is -2.03. The predicted molar refractivity (Wildman–Crippen MR) is 52.2 cm³/mol. The third kappa shape index (κ3) is 1.22. The fraction of sp³-hybridized carbons (Fsp3) is 0.333. The Morgan fingerprint density at radius 3 is 3.00 bits per heavy atom. The van der Waals surface area contributed by atoms with Crippen LogP contribution in [-0.2, 0) is 6.54 Å². The molecular formula is C9H12N4O. The van der Waals surface area contributed by atoms with Crippen LogP contribution in [0.5, 0.6) is 5.88 Å². The summed E-state index contributed by atoms with van der Waals surface area (Å²) < 4.78 is 6.93. The van der Waals surface area contributed by atoms with Gasteiger partial charge in [-0.1, -0.05) is 0 Å². The van der Waals surface area contributed by atoms with Gasteiger partial charge in [0, 0.05) is 6.54 Å². The van der Waals surface area contributed by atoms with Crippen molar-refractivity contribution in [3.05, 3.63) is 23.8 Å². The van der Waals surface area contributed by atoms with Crippen molar-refractivity contribution < 1.29 is 4.74 Å². The van der Waals surface area contributed by atoms with Crippen LogP contribution in [0.3, 0.4) is 0 Å². The zero-order chi connectivity index (χ0) is 10.1. The van der Waals surface area contributed by atoms with Gasteiger partial charge < -0.3 is 10.5 Å². The standard InChI is InChI=1S/C9H12N4O/c1-6-7(3-10)13-5-9(14-2)11-4-8(13)12-6/h4-5H,3,10H2,1-2H3. The van der Waals surface area contributed by atoms with Gasteiger partial charge >= 0.3 is 0 Å². The van der Waals surface area contributed by atoms with E-state index in [1.807, 2.05) is 11.3 Å². The first-order valence-corrected chi connectivity index (χ1v) is 4.34. The molecule has 2 heterocycles. The number of aromatic nitrogens is 3. The number of imidazole rings is 1. The topological polar surface area (TPSA) is 65.4 Å². The molecule has 0 aliphatic heterocycles. The molecular weight excluding hydrogens is 180 g/mol. The zero-order valence-corrected chi connectivity index (χ0v) is 8.19. The third-order valence-electron chi connectivity index (χ3n) is 2.19. The van der Waals surface area contributed by atoms with Crippen molar-refractivity contribution in [2.75, 3.05) is 7.11 Å². The highest BCUT2D eigenvalue weighted by atomic mass is 16.5. The molecule has 0 amide bonds. The Bertz CT molecular complexity index is 463. The smallest absolute Gasteiger partial charge is 0.230 e. The van der Waals surface area contributed by atoms with Gasteiger partial charge in [0.1, 0.15) is 0 Å². The quantitative estimate of drug-likeness (QED) is 0.752. The molecule has 74 valence electrons. The number of fused-ring (bicyclic) bond motifs is 1. The zero-order valence-electron chi connectivity index (χ0n) is 8.19. The van der Waals surface area contributed by atoms with Gasteiger partial charge in [-0.2, -0.15) is 0 Å². The molecule has 0 fully saturated rings. The average molecular weight is 192 g/mol. The Hall–Kier alpha value is -1.62. The van der Waals surface area contributed by atoms with E-state index in [1.54, 1.807) is 19.5 Å². The first-order chi connectivity index (χ1) is 6.76. The SMILES string of the molecule is COc1cn2c(CN)c(C)nc2cn1. The van der Waals surface area contributed by atoms with Crippen molar-refractivity contribution in [3.8, 4) is 5.88 Å². The van der Waals surface area contributed by atoms with E-state index in [4.69, 9.17) is 10.5 Å². The lowest BCUT2D eigenvalue weighted by atomic mass is 10.3. The molecule has 2 aromatic rings. The number of aryl methyl sites for hydroxylation is 1. The van der Waals surface area contributed by atoms with E-state index in [9.17, 15) is 0 Å². The van der Waals surface area contributed by atoms with Crippen LogP contribution in [0.25, 0.3) is 5.65 Å². The number of hydrogen-bond acceptors (Lipinski definition) is 4. The summed E-state index contributed by atoms with van der Waals surface area (Å²) in [6.45, 7) is 2.39. The maximum atomic E-state index is 5.63. The first kappa shape index (κ1) is 8.96. The molecule has 0 bridgehead atoms. The second kappa shape index (κ2) is 3.26. The number of ether oxygens (including phenoxy) is 1. The van der Waals surface area contributed by atoms with E-state index in [0.29, 0.717) is 12.4 Å². The summed E-state index contributed by atoms with van der Waals surface area (Å²) in [5, 5.41) is 0. The Labute approximate surface area is 81.5 Å². The summed E-state index contributed by atoms with van der Waals surface area (Å²) in [7, 11) is 1.58. The molecule has 2 N–H and O–H groups in total. The Kier molecular flexibility index (Phi) is 2.09. The summed E-state index contributed by atoms with van der Waals surface area (Å²) in [5.41, 5.74) is 8.35. The minimum absolute atomic E-state index is 0.458. The minimum atomic E-state index is 0.458. The lowest BCUT2D eigenvalue weighted by molar-refractivity contribution is 0.395. The summed E-state index contributed by atoms with van der Waals surface area (Å²) in [6.07, 6.45) is 3.46. The second-order valence-corrected chi connectivity index (χ2v) is 3.01. The molecule has 2 rings (SSSR count). The van der Waals surface area contributed by atoms with Gasteiger partial charge in [-0.05, 0) is 6.92 Å². The maximum absolute atomic E-state index is 5.63. The van der Waals surface area contributed by atoms with Crippen molar-refractivity contribution in [2.45, 2.75) is 13.5 Å². The molecule has 0 saturated heterocycles. The molecule has 0 aromatic carbocycles. The molecule has 14 heavy (non-hydrogen) atoms. The fourth-order valence-electron chi connectivity index (χ4n) is 1.45. The fourth-order valence-corrected chi connectivity index (χ4v) is 1.45. The van der Waals surface area contributed by atoms with Gasteiger partial charge in [0.2, 0.25) is 5.88 Å². The number of nitrogens with zero attached hydrogens (tertiary/aromatic N) is 3. The van der Waals surface area contributed by atoms with Crippen LogP contribution in [0, 0.1) is 6.92 Å². The van der Waals surface area contributed by atoms with Crippen LogP contribution >= 0.6 is 0 Å². The highest BCUT2D eigenvalue weighted by Gasteiger charge is 2.07. The monoisotopic (exact) mass is 192 g/mol. The molecule has 5 heteroatoms. The minimum Gasteiger partial charge on any atom is -0.480 e. The largest absolute Gasteiger partial charge is 0.480 e. The highest BCUT2D eigenvalue weighted by molar-refractivity contribution is 5.42. The molecule has 0 radical (unpaired) electrons. The molecule has 0 aliphatic rings. The van der Waals surface area contributed by atoms with Crippen molar-refractivity contribution in [1.29, 1.82) is 0 Å². The van der Waals surface area contributed by atoms with Crippen LogP contribution in [0.15, 0.2) is 12.4 Å². The number of methoxy groups -OCH3 is 1. The third-order valence-corrected chi connectivity index (χ3v) is 2.19. The van der Waals surface area contributed by atoms with Gasteiger partial charge in [-0.25, -0.2) is 9.97 Å². The van der Waals surface area contributed by atoms with E-state index in [0.717, 1.165) is 17.0 Å². The van der Waals surface area contributed by atoms with E-state index < -0.39 is 0 Å². The Morgan fingerprint density at radius 1 is 1.57 bits per heavy atom. The van der Waals surface area contributed by atoms with Gasteiger partial charge in [-0.15, -0.1) is 0 Å². The van der Waals surface area contributed by atoms with Crippen molar-refractivity contribution >= 4 is 5.65 Å². The molecule has 0 saturated carbocycles. The molecule has 0 atom stereocenters. The summed E-state index contributed by atoms with van der Waals surface area (Å²) in [6, 6.07) is 0. The molecule has 0 spiro atoms. The van der Waals surface area contributed by atoms with Crippen LogP contribution < -0.4 is 10.5 Å². The van der Waals surface area contributed by atoms with Crippen molar-refractivity contribution in [1.82, 2.24) is 14.4 Å². The van der Waals surface area contributed by atoms with Gasteiger partial charge in [-0.3, -0.25) is 4.40 Å². The Morgan fingerprint density at radius 2 is 2.36 bits per heavy atom. The number of nitrogens with two attached hydrogens (primary N) is 1. The van der Waals surface area contributed by atoms with Crippen LogP contribution in [-0.4, -0.2) is 21.5 Å². The van der Waals surface area contributed by atoms with Crippen LogP contribution in [0.4, 0.5) is 0 Å². The van der Waals surface area contributed by atoms with E-state index in [2.05, 4.69) is 9.97 Å². The second-order valence-electron chi connectivity index (χ2n) is 3.01. The Balaban J connectivity index is 2.71. The lowest BCUT2D eigenvalue weighted by Gasteiger charge is -2.01. The first-order valence-electron chi connectivity index (χ1n) is 4.34. The van der Waals surface area contributed by atoms with Crippen LogP contribution in [0.2, 0.25) is 0 Å². The number of rotatable bonds is 2. The number of hydrogen-bond donors (Lipinski definition) is 1. The summed E-state index contributed by atoms with van der Waals surface area (Å²) >= 11 is 0. The van der Waals surface area contributed by atoms with Crippen LogP contribution in [0.1, 0.15) is 11.4 Å². The van der Waals surface area contributed by atoms with Crippen molar-refractivity contribution in [2.24, 2.45) is 5.73 Å². The normalized spacial score (nSPS) is 10.8. The summed E-state index contributed by atoms with van der Waals surface area (Å²) in [4.78, 5) is 8.39. The predicted octanol–water partition coefficient (Wildman–Crippen LogP) is 0.505. The van der Waals surface area contributed by atoms with Gasteiger partial charge in [0.05, 0.1) is 30.9 Å². The highest BCUT2D eigenvalue weighted by Crippen LogP contribution is 2.13. The van der Waals surface area contributed by atoms with E-state index in [-0.39, 0.29) is 0 Å². The van der Waals surface area contributed by atoms with E-state index >= 15 is 0 Å². The summed E-state index contributed by atoms with van der Waals surface area (Å²) in [5.74, 6) is 0.560. The molecule has 0 aliphatic carbocycles. The van der Waals surface area contributed by atoms with Gasteiger partial charge in [0.25, 0.3) is 0 Å². The molecule has 5 nitrogen and oxygen atoms in total. The van der Waals surface area contributed by atoms with Crippen molar-refractivity contribution in [3.63, 3.8) is 0 Å².